The summed E-state index contributed by atoms with van der Waals surface area (Å²) in [4.78, 5) is 2.18. The Morgan fingerprint density at radius 2 is 1.95 bits per heavy atom. The largest absolute Gasteiger partial charge is 0.355 e. The maximum Gasteiger partial charge on any atom is 0.208 e. The van der Waals surface area contributed by atoms with Gasteiger partial charge in [-0.3, -0.25) is 0 Å². The summed E-state index contributed by atoms with van der Waals surface area (Å²) in [5.74, 6) is 0.915. The summed E-state index contributed by atoms with van der Waals surface area (Å²) in [6.45, 7) is 5.66. The number of rotatable bonds is 3. The molecule has 0 amide bonds. The third-order valence-corrected chi connectivity index (χ3v) is 4.27. The van der Waals surface area contributed by atoms with Crippen molar-refractivity contribution in [3.8, 4) is 0 Å². The zero-order valence-electron chi connectivity index (χ0n) is 11.5. The molecule has 1 aliphatic heterocycles. The molecule has 0 atom stereocenters. The maximum atomic E-state index is 11.2. The number of nitrogens with zero attached hydrogens (tertiary/aromatic N) is 3. The second-order valence-corrected chi connectivity index (χ2v) is 6.91. The molecular weight excluding hydrogens is 264 g/mol. The molecule has 0 aliphatic carbocycles. The van der Waals surface area contributed by atoms with Crippen LogP contribution < -0.4 is 9.62 Å². The Kier molecular flexibility index (Phi) is 4.05. The van der Waals surface area contributed by atoms with E-state index in [1.807, 2.05) is 13.8 Å². The van der Waals surface area contributed by atoms with Crippen molar-refractivity contribution < 1.29 is 8.42 Å². The molecule has 7 heteroatoms. The van der Waals surface area contributed by atoms with Gasteiger partial charge in [0.2, 0.25) is 10.0 Å². The summed E-state index contributed by atoms with van der Waals surface area (Å²) in [5.41, 5.74) is 2.27. The van der Waals surface area contributed by atoms with E-state index in [2.05, 4.69) is 19.8 Å². The molecule has 0 aromatic carbocycles. The highest BCUT2D eigenvalue weighted by Gasteiger charge is 2.23. The van der Waals surface area contributed by atoms with E-state index in [1.54, 1.807) is 6.20 Å². The van der Waals surface area contributed by atoms with Gasteiger partial charge in [0.15, 0.2) is 5.82 Å². The number of piperidine rings is 1. The zero-order chi connectivity index (χ0) is 14.0. The van der Waals surface area contributed by atoms with Crippen molar-refractivity contribution in [3.05, 3.63) is 17.3 Å². The van der Waals surface area contributed by atoms with Gasteiger partial charge < -0.3 is 4.90 Å². The average Bonchev–Trinajstić information content (AvgIpc) is 2.32. The molecule has 1 aromatic heterocycles. The summed E-state index contributed by atoms with van der Waals surface area (Å²) in [6.07, 6.45) is 4.55. The van der Waals surface area contributed by atoms with Crippen LogP contribution in [-0.4, -0.2) is 44.0 Å². The van der Waals surface area contributed by atoms with Gasteiger partial charge in [-0.1, -0.05) is 0 Å². The highest BCUT2D eigenvalue weighted by molar-refractivity contribution is 7.88. The average molecular weight is 284 g/mol. The lowest BCUT2D eigenvalue weighted by atomic mass is 10.1. The van der Waals surface area contributed by atoms with Gasteiger partial charge in [0.25, 0.3) is 0 Å². The van der Waals surface area contributed by atoms with Crippen molar-refractivity contribution in [1.29, 1.82) is 0 Å². The summed E-state index contributed by atoms with van der Waals surface area (Å²) >= 11 is 0. The third-order valence-electron chi connectivity index (χ3n) is 3.51. The molecule has 2 rings (SSSR count). The van der Waals surface area contributed by atoms with Crippen LogP contribution in [0.1, 0.15) is 24.0 Å². The van der Waals surface area contributed by atoms with Crippen LogP contribution in [0.2, 0.25) is 0 Å². The van der Waals surface area contributed by atoms with Gasteiger partial charge in [-0.25, -0.2) is 13.1 Å². The van der Waals surface area contributed by atoms with Crippen LogP contribution >= 0.6 is 0 Å². The molecule has 106 valence electrons. The van der Waals surface area contributed by atoms with Crippen LogP contribution in [0.3, 0.4) is 0 Å². The number of nitrogens with one attached hydrogen (secondary N) is 1. The molecule has 2 heterocycles. The summed E-state index contributed by atoms with van der Waals surface area (Å²) in [5, 5.41) is 8.20. The smallest absolute Gasteiger partial charge is 0.208 e. The Labute approximate surface area is 114 Å². The van der Waals surface area contributed by atoms with E-state index in [0.717, 1.165) is 42.9 Å². The monoisotopic (exact) mass is 284 g/mol. The van der Waals surface area contributed by atoms with Crippen molar-refractivity contribution >= 4 is 15.8 Å². The van der Waals surface area contributed by atoms with Crippen LogP contribution in [0.25, 0.3) is 0 Å². The fraction of sp³-hybridized carbons (Fsp3) is 0.667. The van der Waals surface area contributed by atoms with E-state index < -0.39 is 10.0 Å². The number of sulfonamides is 1. The lowest BCUT2D eigenvalue weighted by Gasteiger charge is -2.33. The lowest BCUT2D eigenvalue weighted by Crippen LogP contribution is -2.44. The molecule has 0 saturated carbocycles. The van der Waals surface area contributed by atoms with Crippen molar-refractivity contribution in [2.24, 2.45) is 0 Å². The van der Waals surface area contributed by atoms with Gasteiger partial charge in [-0.05, 0) is 37.8 Å². The van der Waals surface area contributed by atoms with Crippen LogP contribution in [0, 0.1) is 13.8 Å². The fourth-order valence-corrected chi connectivity index (χ4v) is 3.17. The number of hydrogen-bond acceptors (Lipinski definition) is 5. The second-order valence-electron chi connectivity index (χ2n) is 5.13. The van der Waals surface area contributed by atoms with Gasteiger partial charge in [-0.15, -0.1) is 5.10 Å². The minimum absolute atomic E-state index is 0.0318. The quantitative estimate of drug-likeness (QED) is 0.880. The van der Waals surface area contributed by atoms with Gasteiger partial charge in [-0.2, -0.15) is 5.10 Å². The first-order valence-electron chi connectivity index (χ1n) is 6.38. The standard InChI is InChI=1S/C12H20N4O2S/c1-9-8-13-14-12(10(9)2)16-6-4-11(5-7-16)15-19(3,17)18/h8,11,15H,4-7H2,1-3H3. The molecule has 1 N–H and O–H groups in total. The van der Waals surface area contributed by atoms with Crippen LogP contribution in [0.4, 0.5) is 5.82 Å². The Morgan fingerprint density at radius 3 is 2.53 bits per heavy atom. The Morgan fingerprint density at radius 1 is 1.32 bits per heavy atom. The molecule has 1 fully saturated rings. The molecule has 1 aliphatic rings. The van der Waals surface area contributed by atoms with E-state index >= 15 is 0 Å². The first-order valence-corrected chi connectivity index (χ1v) is 8.27. The van der Waals surface area contributed by atoms with Gasteiger partial charge in [0.05, 0.1) is 12.5 Å². The highest BCUT2D eigenvalue weighted by Crippen LogP contribution is 2.22. The van der Waals surface area contributed by atoms with Crippen LogP contribution in [-0.2, 0) is 10.0 Å². The Bertz CT molecular complexity index is 551. The van der Waals surface area contributed by atoms with E-state index in [4.69, 9.17) is 0 Å². The molecule has 0 unspecified atom stereocenters. The summed E-state index contributed by atoms with van der Waals surface area (Å²) in [7, 11) is -3.12. The molecule has 1 aromatic rings. The van der Waals surface area contributed by atoms with Crippen molar-refractivity contribution in [2.45, 2.75) is 32.7 Å². The topological polar surface area (TPSA) is 75.2 Å². The Balaban J connectivity index is 2.02. The first-order chi connectivity index (χ1) is 8.87. The molecule has 0 spiro atoms. The van der Waals surface area contributed by atoms with Crippen LogP contribution in [0.15, 0.2) is 6.20 Å². The minimum Gasteiger partial charge on any atom is -0.355 e. The van der Waals surface area contributed by atoms with Gasteiger partial charge in [0.1, 0.15) is 0 Å². The fourth-order valence-electron chi connectivity index (χ4n) is 2.33. The number of anilines is 1. The number of hydrogen-bond donors (Lipinski definition) is 1. The van der Waals surface area contributed by atoms with Gasteiger partial charge >= 0.3 is 0 Å². The summed E-state index contributed by atoms with van der Waals surface area (Å²) < 4.78 is 25.1. The third kappa shape index (κ3) is 3.63. The molecular formula is C12H20N4O2S. The molecule has 19 heavy (non-hydrogen) atoms. The van der Waals surface area contributed by atoms with Gasteiger partial charge in [0, 0.05) is 19.1 Å². The van der Waals surface area contributed by atoms with Crippen molar-refractivity contribution in [2.75, 3.05) is 24.2 Å². The molecule has 0 radical (unpaired) electrons. The lowest BCUT2D eigenvalue weighted by molar-refractivity contribution is 0.459. The van der Waals surface area contributed by atoms with E-state index in [9.17, 15) is 8.42 Å². The van der Waals surface area contributed by atoms with Crippen molar-refractivity contribution in [1.82, 2.24) is 14.9 Å². The van der Waals surface area contributed by atoms with Crippen molar-refractivity contribution in [3.63, 3.8) is 0 Å². The highest BCUT2D eigenvalue weighted by atomic mass is 32.2. The van der Waals surface area contributed by atoms with E-state index in [-0.39, 0.29) is 6.04 Å². The SMILES string of the molecule is Cc1cnnc(N2CCC(NS(C)(=O)=O)CC2)c1C. The predicted octanol–water partition coefficient (Wildman–Crippen LogP) is 0.611. The maximum absolute atomic E-state index is 11.2. The predicted molar refractivity (Wildman–Crippen MR) is 74.7 cm³/mol. The minimum atomic E-state index is -3.12. The van der Waals surface area contributed by atoms with Crippen LogP contribution in [0.5, 0.6) is 0 Å². The normalized spacial score (nSPS) is 17.7. The second kappa shape index (κ2) is 5.42. The molecule has 0 bridgehead atoms. The molecule has 6 nitrogen and oxygen atoms in total. The Hall–Kier alpha value is -1.21. The zero-order valence-corrected chi connectivity index (χ0v) is 12.4. The number of aromatic nitrogens is 2. The number of aryl methyl sites for hydroxylation is 1. The molecule has 1 saturated heterocycles. The first kappa shape index (κ1) is 14.2. The van der Waals surface area contributed by atoms with E-state index in [1.165, 1.54) is 6.26 Å². The van der Waals surface area contributed by atoms with E-state index in [0.29, 0.717) is 0 Å². The summed E-state index contributed by atoms with van der Waals surface area (Å²) in [6, 6.07) is 0.0318.